The number of nitrogen functional groups attached to an aromatic ring is 1. The standard InChI is InChI=1S/C25H23N3O3/c1-15(29)27-20-8-5-17(6-9-20)23-13-18-4-2-16(12-22(18)28-23)3-11-24(30)21-10-7-19(26)14-25(21)31/h2,4-10,12,14,31H,3,11,13,26H2,1H3,(H,27,29). The molecule has 0 spiro atoms. The van der Waals surface area contributed by atoms with Crippen molar-refractivity contribution in [3.05, 3.63) is 82.9 Å². The molecule has 1 heterocycles. The van der Waals surface area contributed by atoms with Crippen LogP contribution in [0.4, 0.5) is 17.1 Å². The second-order valence-corrected chi connectivity index (χ2v) is 7.66. The molecule has 0 unspecified atom stereocenters. The fourth-order valence-electron chi connectivity index (χ4n) is 3.68. The maximum absolute atomic E-state index is 12.5. The van der Waals surface area contributed by atoms with Crippen molar-refractivity contribution in [3.63, 3.8) is 0 Å². The van der Waals surface area contributed by atoms with Crippen LogP contribution in [0.25, 0.3) is 0 Å². The number of aryl methyl sites for hydroxylation is 1. The number of Topliss-reactive ketones (excluding diaryl/α,β-unsaturated/α-hetero) is 1. The third-order valence-electron chi connectivity index (χ3n) is 5.26. The van der Waals surface area contributed by atoms with E-state index in [9.17, 15) is 14.7 Å². The number of carbonyl (C=O) groups is 2. The van der Waals surface area contributed by atoms with Crippen molar-refractivity contribution in [1.82, 2.24) is 0 Å². The number of rotatable bonds is 6. The van der Waals surface area contributed by atoms with Gasteiger partial charge in [0, 0.05) is 37.2 Å². The van der Waals surface area contributed by atoms with E-state index >= 15 is 0 Å². The first-order chi connectivity index (χ1) is 14.9. The molecule has 6 nitrogen and oxygen atoms in total. The summed E-state index contributed by atoms with van der Waals surface area (Å²) in [6, 6.07) is 18.3. The summed E-state index contributed by atoms with van der Waals surface area (Å²) < 4.78 is 0. The van der Waals surface area contributed by atoms with Crippen LogP contribution in [0, 0.1) is 0 Å². The van der Waals surface area contributed by atoms with Gasteiger partial charge in [-0.2, -0.15) is 0 Å². The van der Waals surface area contributed by atoms with Gasteiger partial charge in [0.1, 0.15) is 5.75 Å². The second-order valence-electron chi connectivity index (χ2n) is 7.66. The van der Waals surface area contributed by atoms with E-state index in [4.69, 9.17) is 10.7 Å². The van der Waals surface area contributed by atoms with Crippen molar-refractivity contribution in [2.45, 2.75) is 26.2 Å². The van der Waals surface area contributed by atoms with E-state index < -0.39 is 0 Å². The summed E-state index contributed by atoms with van der Waals surface area (Å²) in [4.78, 5) is 28.4. The number of anilines is 2. The quantitative estimate of drug-likeness (QED) is 0.411. The number of phenolic OH excluding ortho intramolecular Hbond substituents is 1. The lowest BCUT2D eigenvalue weighted by atomic mass is 9.99. The van der Waals surface area contributed by atoms with Gasteiger partial charge < -0.3 is 16.2 Å². The Labute approximate surface area is 180 Å². The minimum atomic E-state index is -0.124. The molecule has 6 heteroatoms. The number of amides is 1. The van der Waals surface area contributed by atoms with E-state index in [1.54, 1.807) is 12.1 Å². The lowest BCUT2D eigenvalue weighted by molar-refractivity contribution is -0.114. The normalized spacial score (nSPS) is 12.2. The number of nitrogens with zero attached hydrogens (tertiary/aromatic N) is 1. The van der Waals surface area contributed by atoms with Crippen molar-refractivity contribution < 1.29 is 14.7 Å². The first kappa shape index (κ1) is 20.3. The molecule has 3 aromatic carbocycles. The van der Waals surface area contributed by atoms with Gasteiger partial charge in [-0.15, -0.1) is 0 Å². The number of hydrogen-bond donors (Lipinski definition) is 3. The van der Waals surface area contributed by atoms with Gasteiger partial charge in [0.2, 0.25) is 5.91 Å². The monoisotopic (exact) mass is 413 g/mol. The number of phenols is 1. The van der Waals surface area contributed by atoms with Gasteiger partial charge in [0.05, 0.1) is 17.0 Å². The predicted octanol–water partition coefficient (Wildman–Crippen LogP) is 4.43. The van der Waals surface area contributed by atoms with Crippen LogP contribution in [-0.4, -0.2) is 22.5 Å². The third kappa shape index (κ3) is 4.64. The van der Waals surface area contributed by atoms with Gasteiger partial charge in [-0.1, -0.05) is 24.3 Å². The molecule has 0 bridgehead atoms. The molecule has 4 rings (SSSR count). The highest BCUT2D eigenvalue weighted by Gasteiger charge is 2.17. The summed E-state index contributed by atoms with van der Waals surface area (Å²) >= 11 is 0. The fraction of sp³-hybridized carbons (Fsp3) is 0.160. The highest BCUT2D eigenvalue weighted by Crippen LogP contribution is 2.31. The average molecular weight is 413 g/mol. The van der Waals surface area contributed by atoms with E-state index in [0.717, 1.165) is 40.2 Å². The van der Waals surface area contributed by atoms with Gasteiger partial charge in [0.15, 0.2) is 5.78 Å². The Bertz CT molecular complexity index is 1200. The maximum Gasteiger partial charge on any atom is 0.221 e. The average Bonchev–Trinajstić information content (AvgIpc) is 3.15. The Hall–Kier alpha value is -3.93. The zero-order valence-electron chi connectivity index (χ0n) is 17.2. The van der Waals surface area contributed by atoms with Crippen molar-refractivity contribution in [1.29, 1.82) is 0 Å². The van der Waals surface area contributed by atoms with Gasteiger partial charge in [0.25, 0.3) is 0 Å². The number of nitrogens with two attached hydrogens (primary N) is 1. The third-order valence-corrected chi connectivity index (χ3v) is 5.26. The Morgan fingerprint density at radius 3 is 2.55 bits per heavy atom. The summed E-state index contributed by atoms with van der Waals surface area (Å²) in [5.41, 5.74) is 12.2. The van der Waals surface area contributed by atoms with Crippen LogP contribution in [0.15, 0.2) is 65.7 Å². The smallest absolute Gasteiger partial charge is 0.221 e. The molecule has 0 aromatic heterocycles. The lowest BCUT2D eigenvalue weighted by Gasteiger charge is -2.06. The van der Waals surface area contributed by atoms with Crippen LogP contribution in [0.3, 0.4) is 0 Å². The zero-order valence-corrected chi connectivity index (χ0v) is 17.2. The molecule has 156 valence electrons. The molecule has 0 saturated carbocycles. The first-order valence-electron chi connectivity index (χ1n) is 10.1. The van der Waals surface area contributed by atoms with Crippen LogP contribution >= 0.6 is 0 Å². The molecule has 0 radical (unpaired) electrons. The molecule has 1 amide bonds. The summed E-state index contributed by atoms with van der Waals surface area (Å²) in [6.07, 6.45) is 1.59. The summed E-state index contributed by atoms with van der Waals surface area (Å²) in [5.74, 6) is -0.310. The SMILES string of the molecule is CC(=O)Nc1ccc(C2=Nc3cc(CCC(=O)c4ccc(N)cc4O)ccc3C2)cc1. The van der Waals surface area contributed by atoms with E-state index in [0.29, 0.717) is 17.7 Å². The molecular formula is C25H23N3O3. The van der Waals surface area contributed by atoms with E-state index in [1.165, 1.54) is 13.0 Å². The number of aromatic hydroxyl groups is 1. The second kappa shape index (κ2) is 8.44. The molecule has 0 fully saturated rings. The lowest BCUT2D eigenvalue weighted by Crippen LogP contribution is -2.06. The van der Waals surface area contributed by atoms with E-state index in [-0.39, 0.29) is 23.9 Å². The number of nitrogens with one attached hydrogen (secondary N) is 1. The Morgan fingerprint density at radius 2 is 1.84 bits per heavy atom. The van der Waals surface area contributed by atoms with Gasteiger partial charge in [-0.25, -0.2) is 0 Å². The summed E-state index contributed by atoms with van der Waals surface area (Å²) in [6.45, 7) is 1.48. The van der Waals surface area contributed by atoms with Crippen molar-refractivity contribution >= 4 is 34.5 Å². The highest BCUT2D eigenvalue weighted by atomic mass is 16.3. The Morgan fingerprint density at radius 1 is 1.06 bits per heavy atom. The Balaban J connectivity index is 1.44. The molecule has 0 aliphatic carbocycles. The van der Waals surface area contributed by atoms with Crippen LogP contribution in [-0.2, 0) is 17.6 Å². The summed E-state index contributed by atoms with van der Waals surface area (Å²) in [7, 11) is 0. The fourth-order valence-corrected chi connectivity index (χ4v) is 3.68. The molecule has 1 aliphatic heterocycles. The number of benzene rings is 3. The number of carbonyl (C=O) groups excluding carboxylic acids is 2. The zero-order chi connectivity index (χ0) is 22.0. The Kier molecular flexibility index (Phi) is 5.54. The van der Waals surface area contributed by atoms with Crippen molar-refractivity contribution in [2.75, 3.05) is 11.1 Å². The van der Waals surface area contributed by atoms with Crippen LogP contribution < -0.4 is 11.1 Å². The molecule has 4 N–H and O–H groups in total. The molecule has 31 heavy (non-hydrogen) atoms. The van der Waals surface area contributed by atoms with Crippen molar-refractivity contribution in [2.24, 2.45) is 4.99 Å². The van der Waals surface area contributed by atoms with E-state index in [2.05, 4.69) is 11.4 Å². The topological polar surface area (TPSA) is 105 Å². The minimum Gasteiger partial charge on any atom is -0.507 e. The number of ketones is 1. The van der Waals surface area contributed by atoms with Gasteiger partial charge in [-0.3, -0.25) is 14.6 Å². The number of hydrogen-bond acceptors (Lipinski definition) is 5. The molecule has 1 aliphatic rings. The van der Waals surface area contributed by atoms with Crippen LogP contribution in [0.1, 0.15) is 40.4 Å². The molecule has 0 saturated heterocycles. The largest absolute Gasteiger partial charge is 0.507 e. The molecular weight excluding hydrogens is 390 g/mol. The van der Waals surface area contributed by atoms with Crippen molar-refractivity contribution in [3.8, 4) is 5.75 Å². The highest BCUT2D eigenvalue weighted by molar-refractivity contribution is 6.07. The number of aliphatic imine (C=N–C) groups is 1. The van der Waals surface area contributed by atoms with Crippen LogP contribution in [0.5, 0.6) is 5.75 Å². The predicted molar refractivity (Wildman–Crippen MR) is 122 cm³/mol. The molecule has 0 atom stereocenters. The maximum atomic E-state index is 12.5. The first-order valence-corrected chi connectivity index (χ1v) is 10.1. The van der Waals surface area contributed by atoms with Gasteiger partial charge >= 0.3 is 0 Å². The van der Waals surface area contributed by atoms with E-state index in [1.807, 2.05) is 36.4 Å². The minimum absolute atomic E-state index is 0.0854. The van der Waals surface area contributed by atoms with Crippen LogP contribution in [0.2, 0.25) is 0 Å². The van der Waals surface area contributed by atoms with Gasteiger partial charge in [-0.05, 0) is 53.4 Å². The molecule has 3 aromatic rings. The number of fused-ring (bicyclic) bond motifs is 1. The summed E-state index contributed by atoms with van der Waals surface area (Å²) in [5, 5.41) is 12.7.